The molecule has 0 radical (unpaired) electrons. The van der Waals surface area contributed by atoms with Crippen molar-refractivity contribution in [2.45, 2.75) is 65.2 Å². The van der Waals surface area contributed by atoms with Crippen molar-refractivity contribution in [1.82, 2.24) is 0 Å². The van der Waals surface area contributed by atoms with Gasteiger partial charge in [-0.2, -0.15) is 0 Å². The number of rotatable bonds is 36. The van der Waals surface area contributed by atoms with Crippen molar-refractivity contribution < 1.29 is 52.2 Å². The Balaban J connectivity index is 3.06. The first-order valence-corrected chi connectivity index (χ1v) is 15.7. The summed E-state index contributed by atoms with van der Waals surface area (Å²) in [5.41, 5.74) is 0. The second-order valence-electron chi connectivity index (χ2n) is 9.25. The van der Waals surface area contributed by atoms with E-state index in [9.17, 15) is 4.79 Å². The van der Waals surface area contributed by atoms with Crippen molar-refractivity contribution in [2.75, 3.05) is 126 Å². The van der Waals surface area contributed by atoms with Crippen LogP contribution in [0.25, 0.3) is 0 Å². The summed E-state index contributed by atoms with van der Waals surface area (Å²) in [5.74, 6) is -0.155. The molecular formula is C30H60O11. The zero-order chi connectivity index (χ0) is 29.7. The first-order chi connectivity index (χ1) is 20.3. The summed E-state index contributed by atoms with van der Waals surface area (Å²) < 4.78 is 54.2. The molecule has 0 saturated carbocycles. The van der Waals surface area contributed by atoms with E-state index < -0.39 is 0 Å². The Morgan fingerprint density at radius 3 is 0.976 bits per heavy atom. The summed E-state index contributed by atoms with van der Waals surface area (Å²) in [4.78, 5) is 11.4. The topological polar surface area (TPSA) is 109 Å². The van der Waals surface area contributed by atoms with Crippen molar-refractivity contribution in [3.63, 3.8) is 0 Å². The Hall–Kier alpha value is -0.890. The molecule has 41 heavy (non-hydrogen) atoms. The number of carbonyl (C=O) groups is 1. The zero-order valence-electron chi connectivity index (χ0n) is 26.1. The number of hydrogen-bond donors (Lipinski definition) is 0. The Morgan fingerprint density at radius 2 is 0.634 bits per heavy atom. The minimum absolute atomic E-state index is 0.155. The zero-order valence-corrected chi connectivity index (χ0v) is 26.1. The maximum absolute atomic E-state index is 11.4. The molecule has 11 heteroatoms. The fourth-order valence-corrected chi connectivity index (χ4v) is 3.30. The molecule has 0 aromatic heterocycles. The Kier molecular flexibility index (Phi) is 36.3. The standard InChI is InChI=1S/C30H60O11/c1-3-5-7-9-11-32-12-13-33-14-15-34-16-17-35-18-19-36-20-21-37-22-23-38-24-25-39-26-27-40-28-29-41-30(31)10-8-6-4-2/h3-29H2,1-2H3. The molecule has 11 nitrogen and oxygen atoms in total. The molecule has 0 aliphatic rings. The maximum Gasteiger partial charge on any atom is 0.305 e. The largest absolute Gasteiger partial charge is 0.463 e. The second kappa shape index (κ2) is 37.1. The van der Waals surface area contributed by atoms with E-state index in [1.165, 1.54) is 19.3 Å². The molecule has 0 N–H and O–H groups in total. The van der Waals surface area contributed by atoms with Gasteiger partial charge >= 0.3 is 5.97 Å². The first kappa shape index (κ1) is 40.1. The maximum atomic E-state index is 11.4. The highest BCUT2D eigenvalue weighted by Gasteiger charge is 2.02. The molecule has 0 unspecified atom stereocenters. The molecule has 0 aliphatic heterocycles. The molecule has 0 aromatic rings. The lowest BCUT2D eigenvalue weighted by molar-refractivity contribution is -0.145. The summed E-state index contributed by atoms with van der Waals surface area (Å²) in [6, 6.07) is 0. The predicted molar refractivity (Wildman–Crippen MR) is 157 cm³/mol. The SMILES string of the molecule is CCCCCCOCCOCCOCCOCCOCCOCCOCCOCCOCCOC(=O)CCCCC. The van der Waals surface area contributed by atoms with E-state index in [0.29, 0.717) is 119 Å². The predicted octanol–water partition coefficient (Wildman–Crippen LogP) is 3.84. The van der Waals surface area contributed by atoms with Crippen LogP contribution in [0.4, 0.5) is 0 Å². The van der Waals surface area contributed by atoms with E-state index in [2.05, 4.69) is 13.8 Å². The van der Waals surface area contributed by atoms with Crippen LogP contribution < -0.4 is 0 Å². The molecule has 0 aromatic carbocycles. The summed E-state index contributed by atoms with van der Waals surface area (Å²) in [5, 5.41) is 0. The van der Waals surface area contributed by atoms with Gasteiger partial charge in [0.2, 0.25) is 0 Å². The normalized spacial score (nSPS) is 11.4. The van der Waals surface area contributed by atoms with E-state index in [1.54, 1.807) is 0 Å². The van der Waals surface area contributed by atoms with E-state index in [1.807, 2.05) is 0 Å². The van der Waals surface area contributed by atoms with Crippen molar-refractivity contribution in [1.29, 1.82) is 0 Å². The van der Waals surface area contributed by atoms with Gasteiger partial charge in [0, 0.05) is 13.0 Å². The van der Waals surface area contributed by atoms with Gasteiger partial charge in [-0.15, -0.1) is 0 Å². The van der Waals surface area contributed by atoms with Crippen molar-refractivity contribution in [2.24, 2.45) is 0 Å². The lowest BCUT2D eigenvalue weighted by Crippen LogP contribution is -2.15. The molecule has 246 valence electrons. The quantitative estimate of drug-likeness (QED) is 0.0777. The van der Waals surface area contributed by atoms with Gasteiger partial charge < -0.3 is 47.4 Å². The summed E-state index contributed by atoms with van der Waals surface area (Å²) in [6.45, 7) is 14.3. The third-order valence-electron chi connectivity index (χ3n) is 5.59. The van der Waals surface area contributed by atoms with E-state index >= 15 is 0 Å². The van der Waals surface area contributed by atoms with Crippen LogP contribution in [0, 0.1) is 0 Å². The molecular weight excluding hydrogens is 536 g/mol. The second-order valence-corrected chi connectivity index (χ2v) is 9.25. The van der Waals surface area contributed by atoms with Crippen LogP contribution in [0.1, 0.15) is 65.2 Å². The van der Waals surface area contributed by atoms with Crippen LogP contribution in [0.5, 0.6) is 0 Å². The number of ether oxygens (including phenoxy) is 10. The molecule has 0 atom stereocenters. The van der Waals surface area contributed by atoms with Gasteiger partial charge in [0.05, 0.1) is 112 Å². The fourth-order valence-electron chi connectivity index (χ4n) is 3.30. The van der Waals surface area contributed by atoms with Gasteiger partial charge in [0.1, 0.15) is 6.61 Å². The summed E-state index contributed by atoms with van der Waals surface area (Å²) >= 11 is 0. The van der Waals surface area contributed by atoms with Crippen LogP contribution in [0.15, 0.2) is 0 Å². The number of esters is 1. The van der Waals surface area contributed by atoms with Crippen molar-refractivity contribution in [3.05, 3.63) is 0 Å². The monoisotopic (exact) mass is 596 g/mol. The Bertz CT molecular complexity index is 497. The van der Waals surface area contributed by atoms with Crippen LogP contribution in [0.2, 0.25) is 0 Å². The van der Waals surface area contributed by atoms with Crippen molar-refractivity contribution >= 4 is 5.97 Å². The number of unbranched alkanes of at least 4 members (excludes halogenated alkanes) is 5. The van der Waals surface area contributed by atoms with Crippen molar-refractivity contribution in [3.8, 4) is 0 Å². The lowest BCUT2D eigenvalue weighted by Gasteiger charge is -2.09. The minimum atomic E-state index is -0.155. The average Bonchev–Trinajstić information content (AvgIpc) is 2.98. The number of carbonyl (C=O) groups excluding carboxylic acids is 1. The Labute approximate surface area is 249 Å². The molecule has 0 amide bonds. The van der Waals surface area contributed by atoms with E-state index in [4.69, 9.17) is 47.4 Å². The summed E-state index contributed by atoms with van der Waals surface area (Å²) in [6.07, 6.45) is 8.40. The van der Waals surface area contributed by atoms with Crippen LogP contribution >= 0.6 is 0 Å². The fraction of sp³-hybridized carbons (Fsp3) is 0.967. The third kappa shape index (κ3) is 37.1. The van der Waals surface area contributed by atoms with E-state index in [-0.39, 0.29) is 12.6 Å². The smallest absolute Gasteiger partial charge is 0.305 e. The van der Waals surface area contributed by atoms with Gasteiger partial charge in [0.15, 0.2) is 0 Å². The third-order valence-corrected chi connectivity index (χ3v) is 5.59. The van der Waals surface area contributed by atoms with Crippen LogP contribution in [-0.4, -0.2) is 132 Å². The molecule has 0 fully saturated rings. The van der Waals surface area contributed by atoms with Crippen LogP contribution in [0.3, 0.4) is 0 Å². The molecule has 0 bridgehead atoms. The van der Waals surface area contributed by atoms with Gasteiger partial charge in [-0.25, -0.2) is 0 Å². The van der Waals surface area contributed by atoms with Gasteiger partial charge in [0.25, 0.3) is 0 Å². The highest BCUT2D eigenvalue weighted by atomic mass is 16.6. The average molecular weight is 597 g/mol. The number of hydrogen-bond acceptors (Lipinski definition) is 11. The van der Waals surface area contributed by atoms with Crippen LogP contribution in [-0.2, 0) is 52.2 Å². The molecule has 0 saturated heterocycles. The van der Waals surface area contributed by atoms with E-state index in [0.717, 1.165) is 32.3 Å². The van der Waals surface area contributed by atoms with Gasteiger partial charge in [-0.1, -0.05) is 46.0 Å². The minimum Gasteiger partial charge on any atom is -0.463 e. The Morgan fingerprint density at radius 1 is 0.341 bits per heavy atom. The lowest BCUT2D eigenvalue weighted by atomic mass is 10.2. The molecule has 0 aliphatic carbocycles. The highest BCUT2D eigenvalue weighted by molar-refractivity contribution is 5.69. The summed E-state index contributed by atoms with van der Waals surface area (Å²) in [7, 11) is 0. The van der Waals surface area contributed by atoms with Gasteiger partial charge in [-0.3, -0.25) is 4.79 Å². The molecule has 0 spiro atoms. The highest BCUT2D eigenvalue weighted by Crippen LogP contribution is 2.00. The first-order valence-electron chi connectivity index (χ1n) is 15.7. The molecule has 0 rings (SSSR count). The van der Waals surface area contributed by atoms with Gasteiger partial charge in [-0.05, 0) is 12.8 Å². The molecule has 0 heterocycles.